The van der Waals surface area contributed by atoms with Crippen molar-refractivity contribution in [3.05, 3.63) is 58.6 Å². The predicted octanol–water partition coefficient (Wildman–Crippen LogP) is 4.27. The first-order valence-electron chi connectivity index (χ1n) is 9.49. The summed E-state index contributed by atoms with van der Waals surface area (Å²) in [6.45, 7) is 2.55. The Kier molecular flexibility index (Phi) is 7.23. The third kappa shape index (κ3) is 6.10. The van der Waals surface area contributed by atoms with E-state index in [2.05, 4.69) is 5.32 Å². The number of alkyl halides is 3. The van der Waals surface area contributed by atoms with Crippen molar-refractivity contribution in [2.75, 3.05) is 50.1 Å². The molecule has 1 amide bonds. The maximum atomic E-state index is 13.2. The number of nitrogens with one attached hydrogen (secondary N) is 1. The first-order valence-corrected chi connectivity index (χ1v) is 9.87. The molecule has 162 valence electrons. The molecule has 30 heavy (non-hydrogen) atoms. The molecule has 0 spiro atoms. The third-order valence-corrected chi connectivity index (χ3v) is 4.94. The lowest BCUT2D eigenvalue weighted by Gasteiger charge is -2.31. The number of anilines is 2. The van der Waals surface area contributed by atoms with E-state index in [9.17, 15) is 18.0 Å². The van der Waals surface area contributed by atoms with E-state index in [1.54, 1.807) is 24.1 Å². The van der Waals surface area contributed by atoms with E-state index in [-0.39, 0.29) is 12.2 Å². The zero-order valence-corrected chi connectivity index (χ0v) is 17.3. The van der Waals surface area contributed by atoms with Gasteiger partial charge in [0, 0.05) is 24.7 Å². The normalized spacial score (nSPS) is 14.8. The van der Waals surface area contributed by atoms with Gasteiger partial charge in [-0.2, -0.15) is 13.2 Å². The topological polar surface area (TPSA) is 44.8 Å². The van der Waals surface area contributed by atoms with Gasteiger partial charge in [-0.3, -0.25) is 9.69 Å². The van der Waals surface area contributed by atoms with E-state index in [0.717, 1.165) is 17.7 Å². The zero-order chi connectivity index (χ0) is 21.7. The number of carbonyl (C=O) groups is 1. The number of benzene rings is 2. The Balaban J connectivity index is 1.73. The summed E-state index contributed by atoms with van der Waals surface area (Å²) in [5, 5.41) is 3.26. The summed E-state index contributed by atoms with van der Waals surface area (Å²) in [4.78, 5) is 16.3. The second kappa shape index (κ2) is 9.68. The molecule has 1 aliphatic heterocycles. The summed E-state index contributed by atoms with van der Waals surface area (Å²) in [6, 6.07) is 10.7. The van der Waals surface area contributed by atoms with Crippen LogP contribution in [0.4, 0.5) is 24.5 Å². The highest BCUT2D eigenvalue weighted by atomic mass is 35.5. The summed E-state index contributed by atoms with van der Waals surface area (Å²) < 4.78 is 44.9. The number of rotatable bonds is 6. The SMILES string of the molecule is CN(CC(=O)Nc1cc(C(F)(F)F)ccc1N1CCOCC1)Cc1cccc(Cl)c1. The minimum absolute atomic E-state index is 0.0192. The smallest absolute Gasteiger partial charge is 0.378 e. The summed E-state index contributed by atoms with van der Waals surface area (Å²) in [5.74, 6) is -0.395. The molecule has 1 fully saturated rings. The van der Waals surface area contributed by atoms with Crippen molar-refractivity contribution in [1.29, 1.82) is 0 Å². The molecule has 0 radical (unpaired) electrons. The van der Waals surface area contributed by atoms with Gasteiger partial charge in [-0.25, -0.2) is 0 Å². The Morgan fingerprint density at radius 2 is 1.93 bits per heavy atom. The molecule has 9 heteroatoms. The van der Waals surface area contributed by atoms with Crippen molar-refractivity contribution in [1.82, 2.24) is 4.90 Å². The minimum Gasteiger partial charge on any atom is -0.378 e. The molecule has 0 aromatic heterocycles. The van der Waals surface area contributed by atoms with Crippen LogP contribution in [0, 0.1) is 0 Å². The molecule has 1 heterocycles. The maximum absolute atomic E-state index is 13.2. The monoisotopic (exact) mass is 441 g/mol. The number of amides is 1. The highest BCUT2D eigenvalue weighted by Crippen LogP contribution is 2.35. The van der Waals surface area contributed by atoms with Gasteiger partial charge in [-0.05, 0) is 42.9 Å². The number of carbonyl (C=O) groups excluding carboxylic acids is 1. The molecule has 1 N–H and O–H groups in total. The quantitative estimate of drug-likeness (QED) is 0.727. The maximum Gasteiger partial charge on any atom is 0.416 e. The molecule has 3 rings (SSSR count). The van der Waals surface area contributed by atoms with Gasteiger partial charge in [0.05, 0.1) is 36.7 Å². The number of morpholine rings is 1. The Morgan fingerprint density at radius 3 is 2.60 bits per heavy atom. The van der Waals surface area contributed by atoms with Crippen LogP contribution in [0.5, 0.6) is 0 Å². The fourth-order valence-electron chi connectivity index (χ4n) is 3.33. The van der Waals surface area contributed by atoms with Gasteiger partial charge in [0.25, 0.3) is 0 Å². The van der Waals surface area contributed by atoms with Crippen LogP contribution in [0.25, 0.3) is 0 Å². The number of hydrogen-bond acceptors (Lipinski definition) is 4. The van der Waals surface area contributed by atoms with Crippen LogP contribution in [0.2, 0.25) is 5.02 Å². The summed E-state index contributed by atoms with van der Waals surface area (Å²) in [7, 11) is 1.76. The molecule has 0 unspecified atom stereocenters. The average Bonchev–Trinajstić information content (AvgIpc) is 2.67. The van der Waals surface area contributed by atoms with Gasteiger partial charge in [0.1, 0.15) is 0 Å². The highest BCUT2D eigenvalue weighted by molar-refractivity contribution is 6.30. The second-order valence-electron chi connectivity index (χ2n) is 7.18. The fourth-order valence-corrected chi connectivity index (χ4v) is 3.54. The molecular formula is C21H23ClF3N3O2. The Labute approximate surface area is 178 Å². The average molecular weight is 442 g/mol. The molecule has 2 aromatic carbocycles. The van der Waals surface area contributed by atoms with E-state index < -0.39 is 17.6 Å². The second-order valence-corrected chi connectivity index (χ2v) is 7.62. The molecule has 0 atom stereocenters. The Morgan fingerprint density at radius 1 is 1.20 bits per heavy atom. The fraction of sp³-hybridized carbons (Fsp3) is 0.381. The van der Waals surface area contributed by atoms with Crippen molar-refractivity contribution in [3.8, 4) is 0 Å². The molecule has 0 bridgehead atoms. The van der Waals surface area contributed by atoms with Gasteiger partial charge in [0.2, 0.25) is 5.91 Å². The van der Waals surface area contributed by atoms with Crippen LogP contribution in [-0.4, -0.2) is 50.7 Å². The first-order chi connectivity index (χ1) is 14.2. The molecule has 0 aliphatic carbocycles. The molecule has 1 saturated heterocycles. The van der Waals surface area contributed by atoms with Crippen molar-refractivity contribution >= 4 is 28.9 Å². The number of likely N-dealkylation sites (N-methyl/N-ethyl adjacent to an activating group) is 1. The lowest BCUT2D eigenvalue weighted by Crippen LogP contribution is -2.37. The predicted molar refractivity (Wildman–Crippen MR) is 111 cm³/mol. The lowest BCUT2D eigenvalue weighted by atomic mass is 10.1. The standard InChI is InChI=1S/C21H23ClF3N3O2/c1-27(13-15-3-2-4-17(22)11-15)14-20(29)26-18-12-16(21(23,24)25)5-6-19(18)28-7-9-30-10-8-28/h2-6,11-12H,7-10,13-14H2,1H3,(H,26,29). The number of hydrogen-bond donors (Lipinski definition) is 1. The molecule has 0 saturated carbocycles. The van der Waals surface area contributed by atoms with E-state index in [0.29, 0.717) is 43.6 Å². The van der Waals surface area contributed by atoms with Crippen LogP contribution >= 0.6 is 11.6 Å². The summed E-state index contributed by atoms with van der Waals surface area (Å²) in [6.07, 6.45) is -4.49. The van der Waals surface area contributed by atoms with Gasteiger partial charge in [-0.15, -0.1) is 0 Å². The van der Waals surface area contributed by atoms with Gasteiger partial charge < -0.3 is 15.0 Å². The van der Waals surface area contributed by atoms with E-state index >= 15 is 0 Å². The lowest BCUT2D eigenvalue weighted by molar-refractivity contribution is -0.137. The van der Waals surface area contributed by atoms with Crippen LogP contribution in [-0.2, 0) is 22.3 Å². The van der Waals surface area contributed by atoms with Gasteiger partial charge in [-0.1, -0.05) is 23.7 Å². The molecule has 5 nitrogen and oxygen atoms in total. The Hall–Kier alpha value is -2.29. The molecule has 1 aliphatic rings. The number of halogens is 4. The first kappa shape index (κ1) is 22.4. The molecule has 2 aromatic rings. The third-order valence-electron chi connectivity index (χ3n) is 4.70. The van der Waals surface area contributed by atoms with Crippen LogP contribution in [0.3, 0.4) is 0 Å². The number of ether oxygens (including phenoxy) is 1. The number of nitrogens with zero attached hydrogens (tertiary/aromatic N) is 2. The van der Waals surface area contributed by atoms with E-state index in [1.165, 1.54) is 6.07 Å². The van der Waals surface area contributed by atoms with Crippen LogP contribution < -0.4 is 10.2 Å². The molecular weight excluding hydrogens is 419 g/mol. The van der Waals surface area contributed by atoms with Crippen molar-refractivity contribution in [3.63, 3.8) is 0 Å². The van der Waals surface area contributed by atoms with Crippen LogP contribution in [0.15, 0.2) is 42.5 Å². The van der Waals surface area contributed by atoms with Gasteiger partial charge in [0.15, 0.2) is 0 Å². The highest BCUT2D eigenvalue weighted by Gasteiger charge is 2.32. The van der Waals surface area contributed by atoms with Gasteiger partial charge >= 0.3 is 6.18 Å². The van der Waals surface area contributed by atoms with Crippen molar-refractivity contribution < 1.29 is 22.7 Å². The van der Waals surface area contributed by atoms with E-state index in [1.807, 2.05) is 17.0 Å². The largest absolute Gasteiger partial charge is 0.416 e. The summed E-state index contributed by atoms with van der Waals surface area (Å²) >= 11 is 5.98. The minimum atomic E-state index is -4.49. The van der Waals surface area contributed by atoms with Crippen LogP contribution in [0.1, 0.15) is 11.1 Å². The van der Waals surface area contributed by atoms with Crippen molar-refractivity contribution in [2.24, 2.45) is 0 Å². The zero-order valence-electron chi connectivity index (χ0n) is 16.5. The van der Waals surface area contributed by atoms with E-state index in [4.69, 9.17) is 16.3 Å². The Bertz CT molecular complexity index is 886. The summed E-state index contributed by atoms with van der Waals surface area (Å²) in [5.41, 5.74) is 0.831. The van der Waals surface area contributed by atoms with Crippen molar-refractivity contribution in [2.45, 2.75) is 12.7 Å².